The number of carbonyl (C=O) groups is 8. The van der Waals surface area contributed by atoms with Crippen molar-refractivity contribution < 1.29 is 119 Å². The molecule has 1 aliphatic heterocycles. The first-order valence-corrected chi connectivity index (χ1v) is 42.4. The summed E-state index contributed by atoms with van der Waals surface area (Å²) in [5.74, 6) is -9.62. The number of carboxylic acids is 8. The molecule has 0 aromatic heterocycles. The minimum absolute atomic E-state index is 0.0295. The Morgan fingerprint density at radius 1 is 0.290 bits per heavy atom. The van der Waals surface area contributed by atoms with Crippen LogP contribution in [-0.2, 0) is 17.1 Å². The number of aryl methyl sites for hydroxylation is 3. The standard InChI is InChI=1S/C16H20O3.2C14H9F3O2.3C14H12O2.C13H9ClO2.C13H8F2O2/c1-15(2)9-13(10-16(3,4)19-15)11-5-7-12(8-6-11)14(17)18;15-14(16,17)12-7-2-1-6-11(12)9-4-3-5-10(8-9)13(18)19;15-14(16,17)12-7-10(6-11(8-12)13(18)19)9-4-2-1-3-5-9;1-10-4-2-5-11(8-10)12-6-3-7-13(9-12)14(15)16;2*1-10-5-7-11(8-6-10)12-3-2-4-13(9-12)14(15)16;14-12-7-6-10(8-11(12)13(15)16)9-4-2-1-3-5-9;14-10-4-5-11(12(15)7-10)8-2-1-3-9(6-8)13(16)17/h5-9H,10H2,1-4H3,(H,17,18);2*1-8H,(H,18,19);3*2-9H,1H3,(H,15,16);1-8H,(H,15,16);1-7H,(H,16,17). The Bertz CT molecular complexity index is 6780. The molecule has 0 aliphatic carbocycles. The average Bonchev–Trinajstić information content (AvgIpc) is 0.763. The zero-order valence-electron chi connectivity index (χ0n) is 75.0. The highest BCUT2D eigenvalue weighted by atomic mass is 35.5. The van der Waals surface area contributed by atoms with Gasteiger partial charge in [0.05, 0.1) is 71.9 Å². The van der Waals surface area contributed by atoms with E-state index in [-0.39, 0.29) is 60.7 Å². The molecule has 0 atom stereocenters. The van der Waals surface area contributed by atoms with E-state index < -0.39 is 82.9 Å². The van der Waals surface area contributed by atoms with E-state index in [4.69, 9.17) is 57.2 Å². The number of aromatic carboxylic acids is 8. The molecule has 0 saturated carbocycles. The zero-order chi connectivity index (χ0) is 101. The lowest BCUT2D eigenvalue weighted by Crippen LogP contribution is -2.39. The minimum atomic E-state index is -4.57. The summed E-state index contributed by atoms with van der Waals surface area (Å²) in [6.45, 7) is 14.3. The third-order valence-electron chi connectivity index (χ3n) is 20.6. The maximum absolute atomic E-state index is 13.5. The van der Waals surface area contributed by atoms with Crippen LogP contribution in [0.15, 0.2) is 364 Å². The van der Waals surface area contributed by atoms with Gasteiger partial charge in [-0.2, -0.15) is 26.3 Å². The highest BCUT2D eigenvalue weighted by molar-refractivity contribution is 6.33. The molecule has 15 aromatic rings. The van der Waals surface area contributed by atoms with Crippen LogP contribution in [0.25, 0.3) is 83.5 Å². The summed E-state index contributed by atoms with van der Waals surface area (Å²) < 4.78 is 109. The van der Waals surface area contributed by atoms with Crippen LogP contribution in [0.3, 0.4) is 0 Å². The molecule has 15 aromatic carbocycles. The average molecular weight is 1900 g/mol. The second kappa shape index (κ2) is 47.9. The Kier molecular flexibility index (Phi) is 36.5. The molecular formula is C112H91ClF8O17. The molecule has 0 unspecified atom stereocenters. The van der Waals surface area contributed by atoms with Crippen LogP contribution < -0.4 is 0 Å². The van der Waals surface area contributed by atoms with Crippen LogP contribution in [0.2, 0.25) is 5.02 Å². The molecule has 0 amide bonds. The predicted molar refractivity (Wildman–Crippen MR) is 516 cm³/mol. The smallest absolute Gasteiger partial charge is 0.417 e. The zero-order valence-corrected chi connectivity index (χ0v) is 75.8. The first kappa shape index (κ1) is 105. The van der Waals surface area contributed by atoms with Crippen molar-refractivity contribution >= 4 is 64.9 Å². The quantitative estimate of drug-likeness (QED) is 0.0417. The fourth-order valence-electron chi connectivity index (χ4n) is 14.1. The van der Waals surface area contributed by atoms with Gasteiger partial charge in [-0.1, -0.05) is 259 Å². The van der Waals surface area contributed by atoms with Crippen molar-refractivity contribution in [1.82, 2.24) is 0 Å². The maximum atomic E-state index is 13.5. The third kappa shape index (κ3) is 31.6. The molecule has 1 aliphatic rings. The van der Waals surface area contributed by atoms with Gasteiger partial charge in [0.25, 0.3) is 0 Å². The van der Waals surface area contributed by atoms with E-state index in [0.717, 1.165) is 80.8 Å². The van der Waals surface area contributed by atoms with Gasteiger partial charge in [0, 0.05) is 18.1 Å². The second-order valence-electron chi connectivity index (χ2n) is 32.2. The lowest BCUT2D eigenvalue weighted by atomic mass is 9.86. The van der Waals surface area contributed by atoms with Crippen molar-refractivity contribution in [2.24, 2.45) is 0 Å². The molecule has 138 heavy (non-hydrogen) atoms. The van der Waals surface area contributed by atoms with Crippen molar-refractivity contribution in [3.8, 4) is 77.9 Å². The number of halogens is 9. The molecule has 26 heteroatoms. The molecule has 17 nitrogen and oxygen atoms in total. The van der Waals surface area contributed by atoms with E-state index in [9.17, 15) is 73.5 Å². The van der Waals surface area contributed by atoms with Crippen molar-refractivity contribution in [2.45, 2.75) is 78.4 Å². The lowest BCUT2D eigenvalue weighted by molar-refractivity contribution is -0.138. The first-order chi connectivity index (χ1) is 65.2. The highest BCUT2D eigenvalue weighted by Crippen LogP contribution is 2.41. The number of alkyl halides is 6. The lowest BCUT2D eigenvalue weighted by Gasteiger charge is -2.40. The second-order valence-corrected chi connectivity index (χ2v) is 32.6. The number of rotatable bonds is 16. The summed E-state index contributed by atoms with van der Waals surface area (Å²) >= 11 is 5.80. The number of hydrogen-bond acceptors (Lipinski definition) is 9. The molecule has 1 heterocycles. The third-order valence-corrected chi connectivity index (χ3v) is 20.9. The Hall–Kier alpha value is -16.5. The van der Waals surface area contributed by atoms with Crippen molar-refractivity contribution in [2.75, 3.05) is 0 Å². The summed E-state index contributed by atoms with van der Waals surface area (Å²) in [5, 5.41) is 71.4. The number of benzene rings is 15. The first-order valence-electron chi connectivity index (χ1n) is 42.1. The van der Waals surface area contributed by atoms with Crippen LogP contribution in [0.5, 0.6) is 0 Å². The predicted octanol–water partition coefficient (Wildman–Crippen LogP) is 29.0. The van der Waals surface area contributed by atoms with Gasteiger partial charge in [0.15, 0.2) is 0 Å². The van der Waals surface area contributed by atoms with Gasteiger partial charge in [0.2, 0.25) is 0 Å². The molecule has 0 spiro atoms. The normalized spacial score (nSPS) is 11.9. The Morgan fingerprint density at radius 3 is 1.04 bits per heavy atom. The van der Waals surface area contributed by atoms with Gasteiger partial charge >= 0.3 is 60.1 Å². The van der Waals surface area contributed by atoms with Gasteiger partial charge in [0.1, 0.15) is 11.6 Å². The monoisotopic (exact) mass is 1890 g/mol. The van der Waals surface area contributed by atoms with Gasteiger partial charge in [-0.05, 0) is 259 Å². The van der Waals surface area contributed by atoms with Crippen LogP contribution in [0, 0.1) is 32.4 Å². The summed E-state index contributed by atoms with van der Waals surface area (Å²) in [6.07, 6.45) is -6.11. The molecule has 8 N–H and O–H groups in total. The molecular weight excluding hydrogens is 1800 g/mol. The SMILES string of the molecule is CC1(C)C=C(c2ccc(C(=O)O)cc2)CC(C)(C)O1.Cc1ccc(-c2cccc(C(=O)O)c2)cc1.Cc1ccc(-c2cccc(C(=O)O)c2)cc1.Cc1cccc(-c2cccc(C(=O)O)c2)c1.O=C(O)c1cc(-c2ccccc2)cc(C(F)(F)F)c1.O=C(O)c1cc(-c2ccccc2)ccc1Cl.O=C(O)c1cccc(-c2ccc(F)cc2F)c1.O=C(O)c1cccc(-c2ccccc2C(F)(F)F)c1. The largest absolute Gasteiger partial charge is 0.478 e. The van der Waals surface area contributed by atoms with E-state index in [1.165, 1.54) is 95.1 Å². The van der Waals surface area contributed by atoms with Crippen LogP contribution in [-0.4, -0.2) is 99.8 Å². The summed E-state index contributed by atoms with van der Waals surface area (Å²) in [4.78, 5) is 86.8. The fraction of sp³-hybridized carbons (Fsp3) is 0.107. The summed E-state index contributed by atoms with van der Waals surface area (Å²) in [7, 11) is 0. The number of hydrogen-bond donors (Lipinski definition) is 8. The minimum Gasteiger partial charge on any atom is -0.478 e. The van der Waals surface area contributed by atoms with E-state index in [2.05, 4.69) is 19.9 Å². The molecule has 704 valence electrons. The van der Waals surface area contributed by atoms with E-state index in [0.29, 0.717) is 39.4 Å². The van der Waals surface area contributed by atoms with Crippen LogP contribution in [0.4, 0.5) is 35.1 Å². The number of ether oxygens (including phenoxy) is 1. The van der Waals surface area contributed by atoms with Crippen LogP contribution >= 0.6 is 11.6 Å². The summed E-state index contributed by atoms with van der Waals surface area (Å²) in [5.41, 5.74) is 13.9. The van der Waals surface area contributed by atoms with Gasteiger partial charge < -0.3 is 45.6 Å². The molecule has 16 rings (SSSR count). The van der Waals surface area contributed by atoms with Gasteiger partial charge in [-0.25, -0.2) is 47.1 Å². The molecule has 0 bridgehead atoms. The van der Waals surface area contributed by atoms with Crippen molar-refractivity contribution in [3.63, 3.8) is 0 Å². The Morgan fingerprint density at radius 2 is 0.638 bits per heavy atom. The van der Waals surface area contributed by atoms with E-state index >= 15 is 0 Å². The Labute approximate surface area is 794 Å². The molecule has 0 radical (unpaired) electrons. The van der Waals surface area contributed by atoms with Gasteiger partial charge in [-0.15, -0.1) is 0 Å². The van der Waals surface area contributed by atoms with Gasteiger partial charge in [-0.3, -0.25) is 0 Å². The Balaban J connectivity index is 0.000000177. The van der Waals surface area contributed by atoms with Crippen molar-refractivity contribution in [3.05, 3.63) is 459 Å². The molecule has 0 saturated heterocycles. The topological polar surface area (TPSA) is 308 Å². The summed E-state index contributed by atoms with van der Waals surface area (Å²) in [6, 6.07) is 97.3. The fourth-order valence-corrected chi connectivity index (χ4v) is 14.3. The maximum Gasteiger partial charge on any atom is 0.417 e. The van der Waals surface area contributed by atoms with E-state index in [1.807, 2.05) is 174 Å². The molecule has 0 fully saturated rings. The van der Waals surface area contributed by atoms with E-state index in [1.54, 1.807) is 115 Å². The van der Waals surface area contributed by atoms with Crippen LogP contribution in [0.1, 0.15) is 150 Å². The van der Waals surface area contributed by atoms with Crippen molar-refractivity contribution in [1.29, 1.82) is 0 Å². The number of carboxylic acid groups (broad SMARTS) is 8. The highest BCUT2D eigenvalue weighted by Gasteiger charge is 2.36.